The van der Waals surface area contributed by atoms with E-state index in [1.54, 1.807) is 11.3 Å². The zero-order valence-corrected chi connectivity index (χ0v) is 16.0. The number of rotatable bonds is 7. The van der Waals surface area contributed by atoms with Gasteiger partial charge in [-0.05, 0) is 45.7 Å². The standard InChI is InChI=1S/C18H32N4OS/c1-3-23-15(2)18-20-17(14-24-18)13-22-10-8-21(9-11-22)12-16-4-6-19-7-5-16/h14-16,19H,3-13H2,1-2H3. The molecule has 1 N–H and O–H groups in total. The molecule has 1 atom stereocenters. The summed E-state index contributed by atoms with van der Waals surface area (Å²) in [5.74, 6) is 0.902. The number of thiazole rings is 1. The van der Waals surface area contributed by atoms with Gasteiger partial charge in [0.1, 0.15) is 11.1 Å². The van der Waals surface area contributed by atoms with E-state index < -0.39 is 0 Å². The lowest BCUT2D eigenvalue weighted by Crippen LogP contribution is -2.48. The van der Waals surface area contributed by atoms with Gasteiger partial charge in [-0.2, -0.15) is 0 Å². The summed E-state index contributed by atoms with van der Waals surface area (Å²) >= 11 is 1.73. The molecule has 2 fully saturated rings. The molecular weight excluding hydrogens is 320 g/mol. The smallest absolute Gasteiger partial charge is 0.122 e. The fraction of sp³-hybridized carbons (Fsp3) is 0.833. The zero-order chi connectivity index (χ0) is 16.8. The Kier molecular flexibility index (Phi) is 7.04. The summed E-state index contributed by atoms with van der Waals surface area (Å²) in [4.78, 5) is 9.97. The van der Waals surface area contributed by atoms with E-state index in [1.807, 2.05) is 6.92 Å². The van der Waals surface area contributed by atoms with Crippen LogP contribution in [0.1, 0.15) is 43.5 Å². The summed E-state index contributed by atoms with van der Waals surface area (Å²) in [5, 5.41) is 6.77. The van der Waals surface area contributed by atoms with Crippen LogP contribution in [0.4, 0.5) is 0 Å². The van der Waals surface area contributed by atoms with Gasteiger partial charge in [-0.3, -0.25) is 4.90 Å². The minimum absolute atomic E-state index is 0.121. The second-order valence-electron chi connectivity index (χ2n) is 7.04. The minimum atomic E-state index is 0.121. The highest BCUT2D eigenvalue weighted by molar-refractivity contribution is 7.09. The molecule has 6 heteroatoms. The Hall–Kier alpha value is -0.530. The largest absolute Gasteiger partial charge is 0.372 e. The van der Waals surface area contributed by atoms with Crippen molar-refractivity contribution in [3.63, 3.8) is 0 Å². The molecule has 5 nitrogen and oxygen atoms in total. The lowest BCUT2D eigenvalue weighted by atomic mass is 9.97. The van der Waals surface area contributed by atoms with Crippen molar-refractivity contribution in [1.29, 1.82) is 0 Å². The SMILES string of the molecule is CCOC(C)c1nc(CN2CCN(CC3CCNCC3)CC2)cs1. The molecule has 136 valence electrons. The van der Waals surface area contributed by atoms with Crippen LogP contribution in [0.25, 0.3) is 0 Å². The Bertz CT molecular complexity index is 481. The molecule has 24 heavy (non-hydrogen) atoms. The van der Waals surface area contributed by atoms with Crippen LogP contribution in [-0.2, 0) is 11.3 Å². The topological polar surface area (TPSA) is 40.6 Å². The first-order valence-electron chi connectivity index (χ1n) is 9.46. The molecule has 2 aliphatic rings. The van der Waals surface area contributed by atoms with E-state index >= 15 is 0 Å². The second kappa shape index (κ2) is 9.25. The average Bonchev–Trinajstić information content (AvgIpc) is 3.06. The van der Waals surface area contributed by atoms with Crippen LogP contribution in [-0.4, -0.2) is 67.2 Å². The Balaban J connectivity index is 1.40. The normalized spacial score (nSPS) is 22.8. The number of nitrogens with one attached hydrogen (secondary N) is 1. The predicted molar refractivity (Wildman–Crippen MR) is 99.5 cm³/mol. The van der Waals surface area contributed by atoms with Crippen molar-refractivity contribution in [3.05, 3.63) is 16.1 Å². The highest BCUT2D eigenvalue weighted by Gasteiger charge is 2.22. The van der Waals surface area contributed by atoms with Gasteiger partial charge in [0.2, 0.25) is 0 Å². The molecule has 0 aromatic carbocycles. The van der Waals surface area contributed by atoms with Gasteiger partial charge in [0.15, 0.2) is 0 Å². The van der Waals surface area contributed by atoms with Crippen molar-refractivity contribution in [2.75, 3.05) is 52.4 Å². The van der Waals surface area contributed by atoms with Gasteiger partial charge in [-0.1, -0.05) is 0 Å². The summed E-state index contributed by atoms with van der Waals surface area (Å²) in [7, 11) is 0. The number of ether oxygens (including phenoxy) is 1. The maximum atomic E-state index is 5.64. The highest BCUT2D eigenvalue weighted by Crippen LogP contribution is 2.22. The quantitative estimate of drug-likeness (QED) is 0.816. The lowest BCUT2D eigenvalue weighted by molar-refractivity contribution is 0.0757. The third-order valence-electron chi connectivity index (χ3n) is 5.16. The molecule has 2 aliphatic heterocycles. The van der Waals surface area contributed by atoms with Gasteiger partial charge in [0.25, 0.3) is 0 Å². The summed E-state index contributed by atoms with van der Waals surface area (Å²) in [6, 6.07) is 0. The second-order valence-corrected chi connectivity index (χ2v) is 7.93. The molecule has 1 aromatic rings. The van der Waals surface area contributed by atoms with Crippen LogP contribution in [0, 0.1) is 5.92 Å². The van der Waals surface area contributed by atoms with E-state index in [1.165, 1.54) is 64.3 Å². The van der Waals surface area contributed by atoms with Gasteiger partial charge < -0.3 is 15.0 Å². The molecule has 2 saturated heterocycles. The van der Waals surface area contributed by atoms with Crippen molar-refractivity contribution < 1.29 is 4.74 Å². The van der Waals surface area contributed by atoms with Crippen LogP contribution in [0.5, 0.6) is 0 Å². The van der Waals surface area contributed by atoms with Gasteiger partial charge in [0.05, 0.1) is 5.69 Å². The van der Waals surface area contributed by atoms with Crippen LogP contribution in [0.2, 0.25) is 0 Å². The molecule has 0 spiro atoms. The first-order chi connectivity index (χ1) is 11.7. The Morgan fingerprint density at radius 3 is 2.67 bits per heavy atom. The Morgan fingerprint density at radius 1 is 1.25 bits per heavy atom. The fourth-order valence-corrected chi connectivity index (χ4v) is 4.51. The molecule has 0 bridgehead atoms. The number of hydrogen-bond acceptors (Lipinski definition) is 6. The zero-order valence-electron chi connectivity index (χ0n) is 15.2. The summed E-state index contributed by atoms with van der Waals surface area (Å²) in [6.07, 6.45) is 2.82. The van der Waals surface area contributed by atoms with Crippen LogP contribution in [0.15, 0.2) is 5.38 Å². The number of hydrogen-bond donors (Lipinski definition) is 1. The monoisotopic (exact) mass is 352 g/mol. The number of piperazine rings is 1. The first-order valence-corrected chi connectivity index (χ1v) is 10.3. The summed E-state index contributed by atoms with van der Waals surface area (Å²) in [5.41, 5.74) is 1.20. The third kappa shape index (κ3) is 5.23. The molecule has 0 saturated carbocycles. The van der Waals surface area contributed by atoms with Gasteiger partial charge >= 0.3 is 0 Å². The Morgan fingerprint density at radius 2 is 1.96 bits per heavy atom. The van der Waals surface area contributed by atoms with E-state index in [9.17, 15) is 0 Å². The van der Waals surface area contributed by atoms with Crippen molar-refractivity contribution in [3.8, 4) is 0 Å². The van der Waals surface area contributed by atoms with Crippen molar-refractivity contribution in [2.24, 2.45) is 5.92 Å². The fourth-order valence-electron chi connectivity index (χ4n) is 3.69. The first kappa shape index (κ1) is 18.3. The van der Waals surface area contributed by atoms with Crippen molar-refractivity contribution >= 4 is 11.3 Å². The van der Waals surface area contributed by atoms with Gasteiger partial charge in [-0.25, -0.2) is 4.98 Å². The van der Waals surface area contributed by atoms with Crippen LogP contribution in [0.3, 0.4) is 0 Å². The summed E-state index contributed by atoms with van der Waals surface area (Å²) < 4.78 is 5.64. The molecular formula is C18H32N4OS. The maximum Gasteiger partial charge on any atom is 0.122 e. The number of nitrogens with zero attached hydrogens (tertiary/aromatic N) is 3. The third-order valence-corrected chi connectivity index (χ3v) is 6.21. The van der Waals surface area contributed by atoms with E-state index in [-0.39, 0.29) is 6.10 Å². The van der Waals surface area contributed by atoms with Crippen LogP contribution >= 0.6 is 11.3 Å². The molecule has 3 heterocycles. The summed E-state index contributed by atoms with van der Waals surface area (Å²) in [6.45, 7) is 14.3. The van der Waals surface area contributed by atoms with Crippen molar-refractivity contribution in [1.82, 2.24) is 20.1 Å². The van der Waals surface area contributed by atoms with Crippen molar-refractivity contribution in [2.45, 2.75) is 39.3 Å². The Labute approximate surface area is 150 Å². The average molecular weight is 353 g/mol. The minimum Gasteiger partial charge on any atom is -0.372 e. The van der Waals surface area contributed by atoms with E-state index in [2.05, 4.69) is 27.4 Å². The molecule has 0 amide bonds. The molecule has 1 aromatic heterocycles. The van der Waals surface area contributed by atoms with Gasteiger partial charge in [0, 0.05) is 51.3 Å². The molecule has 1 unspecified atom stereocenters. The van der Waals surface area contributed by atoms with E-state index in [4.69, 9.17) is 9.72 Å². The van der Waals surface area contributed by atoms with E-state index in [0.717, 1.165) is 24.1 Å². The maximum absolute atomic E-state index is 5.64. The number of piperidine rings is 1. The molecule has 3 rings (SSSR count). The predicted octanol–water partition coefficient (Wildman–Crippen LogP) is 2.36. The van der Waals surface area contributed by atoms with E-state index in [0.29, 0.717) is 0 Å². The highest BCUT2D eigenvalue weighted by atomic mass is 32.1. The number of aromatic nitrogens is 1. The molecule has 0 aliphatic carbocycles. The van der Waals surface area contributed by atoms with Gasteiger partial charge in [-0.15, -0.1) is 11.3 Å². The molecule has 0 radical (unpaired) electrons. The van der Waals surface area contributed by atoms with Crippen LogP contribution < -0.4 is 5.32 Å². The lowest BCUT2D eigenvalue weighted by Gasteiger charge is -2.37.